The lowest BCUT2D eigenvalue weighted by Crippen LogP contribution is -2.45. The minimum atomic E-state index is -4.75. The van der Waals surface area contributed by atoms with Gasteiger partial charge in [0, 0.05) is 12.2 Å². The molecule has 2 aromatic rings. The molecule has 39 heavy (non-hydrogen) atoms. The number of carbonyl (C=O) groups excluding carboxylic acids is 2. The van der Waals surface area contributed by atoms with Gasteiger partial charge in [-0.15, -0.1) is 0 Å². The highest BCUT2D eigenvalue weighted by molar-refractivity contribution is 7.92. The first-order valence-electron chi connectivity index (χ1n) is 12.4. The second-order valence-electron chi connectivity index (χ2n) is 10.6. The van der Waals surface area contributed by atoms with E-state index in [-0.39, 0.29) is 36.0 Å². The van der Waals surface area contributed by atoms with Crippen LogP contribution in [-0.4, -0.2) is 45.2 Å². The Kier molecular flexibility index (Phi) is 7.75. The maximum atomic E-state index is 13.7. The molecule has 1 aliphatic heterocycles. The number of nitrogens with one attached hydrogen (secondary N) is 2. The molecular weight excluding hydrogens is 539 g/mol. The van der Waals surface area contributed by atoms with Gasteiger partial charge in [0.05, 0.1) is 29.1 Å². The summed E-state index contributed by atoms with van der Waals surface area (Å²) in [5, 5.41) is 5.32. The van der Waals surface area contributed by atoms with Gasteiger partial charge in [-0.1, -0.05) is 6.07 Å². The zero-order chi connectivity index (χ0) is 28.6. The third-order valence-corrected chi connectivity index (χ3v) is 7.76. The molecule has 1 atom stereocenters. The molecule has 2 amide bonds. The van der Waals surface area contributed by atoms with Crippen LogP contribution in [0.15, 0.2) is 47.4 Å². The number of sulfonamides is 1. The van der Waals surface area contributed by atoms with Crippen molar-refractivity contribution in [3.8, 4) is 5.75 Å². The molecule has 9 nitrogen and oxygen atoms in total. The molecule has 4 rings (SSSR count). The monoisotopic (exact) mass is 569 g/mol. The SMILES string of the molecule is CC(C)(C)OC(=O)Nc1ccc2c(c1)N(S(=O)(=O)c1cccc(C(F)(F)F)c1)CC(CC(=O)NCC1CC1)O2. The van der Waals surface area contributed by atoms with Crippen LogP contribution in [0.2, 0.25) is 0 Å². The maximum absolute atomic E-state index is 13.7. The lowest BCUT2D eigenvalue weighted by Gasteiger charge is -2.35. The van der Waals surface area contributed by atoms with Gasteiger partial charge >= 0.3 is 12.3 Å². The van der Waals surface area contributed by atoms with Crippen molar-refractivity contribution in [1.29, 1.82) is 0 Å². The van der Waals surface area contributed by atoms with Crippen molar-refractivity contribution in [1.82, 2.24) is 5.32 Å². The van der Waals surface area contributed by atoms with Gasteiger partial charge in [-0.05, 0) is 75.9 Å². The molecule has 1 fully saturated rings. The second-order valence-corrected chi connectivity index (χ2v) is 12.4. The lowest BCUT2D eigenvalue weighted by molar-refractivity contribution is -0.137. The van der Waals surface area contributed by atoms with Crippen LogP contribution in [0.5, 0.6) is 5.75 Å². The fourth-order valence-electron chi connectivity index (χ4n) is 3.96. The topological polar surface area (TPSA) is 114 Å². The Morgan fingerprint density at radius 1 is 1.10 bits per heavy atom. The van der Waals surface area contributed by atoms with Crippen molar-refractivity contribution >= 4 is 33.4 Å². The van der Waals surface area contributed by atoms with Crippen LogP contribution in [-0.2, 0) is 25.7 Å². The lowest BCUT2D eigenvalue weighted by atomic mass is 10.1. The Bertz CT molecular complexity index is 1350. The molecule has 1 unspecified atom stereocenters. The Morgan fingerprint density at radius 3 is 2.46 bits per heavy atom. The van der Waals surface area contributed by atoms with Crippen molar-refractivity contribution in [2.75, 3.05) is 22.7 Å². The van der Waals surface area contributed by atoms with Gasteiger partial charge in [-0.3, -0.25) is 14.4 Å². The van der Waals surface area contributed by atoms with Gasteiger partial charge < -0.3 is 14.8 Å². The normalized spacial score (nSPS) is 17.6. The number of halogens is 3. The Balaban J connectivity index is 1.66. The average molecular weight is 570 g/mol. The van der Waals surface area contributed by atoms with E-state index in [0.29, 0.717) is 18.5 Å². The Hall–Kier alpha value is -3.48. The third-order valence-electron chi connectivity index (χ3n) is 5.98. The van der Waals surface area contributed by atoms with E-state index in [4.69, 9.17) is 9.47 Å². The highest BCUT2D eigenvalue weighted by Gasteiger charge is 2.38. The Labute approximate surface area is 224 Å². The number of carbonyl (C=O) groups is 2. The molecule has 0 bridgehead atoms. The number of amides is 2. The molecule has 0 aromatic heterocycles. The highest BCUT2D eigenvalue weighted by Crippen LogP contribution is 2.40. The smallest absolute Gasteiger partial charge is 0.416 e. The van der Waals surface area contributed by atoms with Crippen LogP contribution in [0, 0.1) is 5.92 Å². The predicted octanol–water partition coefficient (Wildman–Crippen LogP) is 4.93. The number of rotatable bonds is 7. The van der Waals surface area contributed by atoms with Crippen LogP contribution < -0.4 is 19.7 Å². The maximum Gasteiger partial charge on any atom is 0.416 e. The summed E-state index contributed by atoms with van der Waals surface area (Å²) >= 11 is 0. The number of hydrogen-bond acceptors (Lipinski definition) is 6. The zero-order valence-electron chi connectivity index (χ0n) is 21.7. The molecule has 0 radical (unpaired) electrons. The van der Waals surface area contributed by atoms with E-state index < -0.39 is 44.5 Å². The Morgan fingerprint density at radius 2 is 1.82 bits per heavy atom. The fraction of sp³-hybridized carbons (Fsp3) is 0.462. The number of anilines is 2. The summed E-state index contributed by atoms with van der Waals surface area (Å²) in [5.41, 5.74) is -1.73. The summed E-state index contributed by atoms with van der Waals surface area (Å²) in [7, 11) is -4.54. The van der Waals surface area contributed by atoms with Crippen molar-refractivity contribution < 1.29 is 40.7 Å². The molecule has 2 N–H and O–H groups in total. The minimum Gasteiger partial charge on any atom is -0.486 e. The summed E-state index contributed by atoms with van der Waals surface area (Å²) in [6.45, 7) is 5.22. The number of fused-ring (bicyclic) bond motifs is 1. The van der Waals surface area contributed by atoms with Gasteiger partial charge in [0.25, 0.3) is 10.0 Å². The molecule has 212 valence electrons. The van der Waals surface area contributed by atoms with Gasteiger partial charge in [0.15, 0.2) is 0 Å². The number of nitrogens with zero attached hydrogens (tertiary/aromatic N) is 1. The molecule has 1 aliphatic carbocycles. The molecular formula is C26H30F3N3O6S. The highest BCUT2D eigenvalue weighted by atomic mass is 32.2. The zero-order valence-corrected chi connectivity index (χ0v) is 22.5. The van der Waals surface area contributed by atoms with Crippen molar-refractivity contribution in [3.63, 3.8) is 0 Å². The number of ether oxygens (including phenoxy) is 2. The standard InChI is InChI=1S/C26H30F3N3O6S/c1-25(2,3)38-24(34)31-18-9-10-22-21(12-18)32(15-19(37-22)13-23(33)30-14-16-7-8-16)39(35,36)20-6-4-5-17(11-20)26(27,28)29/h4-6,9-12,16,19H,7-8,13-15H2,1-3H3,(H,30,33)(H,31,34). The molecule has 0 saturated heterocycles. The van der Waals surface area contributed by atoms with E-state index in [9.17, 15) is 31.2 Å². The van der Waals surface area contributed by atoms with E-state index in [1.807, 2.05) is 0 Å². The molecule has 13 heteroatoms. The van der Waals surface area contributed by atoms with Gasteiger partial charge in [-0.25, -0.2) is 13.2 Å². The quantitative estimate of drug-likeness (QED) is 0.489. The van der Waals surface area contributed by atoms with Crippen molar-refractivity contribution in [2.45, 2.75) is 62.8 Å². The minimum absolute atomic E-state index is 0.00407. The van der Waals surface area contributed by atoms with Crippen molar-refractivity contribution in [3.05, 3.63) is 48.0 Å². The molecule has 2 aromatic carbocycles. The van der Waals surface area contributed by atoms with Gasteiger partial charge in [0.1, 0.15) is 17.5 Å². The molecule has 0 spiro atoms. The van der Waals surface area contributed by atoms with E-state index >= 15 is 0 Å². The summed E-state index contributed by atoms with van der Waals surface area (Å²) < 4.78 is 79.5. The summed E-state index contributed by atoms with van der Waals surface area (Å²) in [6.07, 6.45) is -4.51. The van der Waals surface area contributed by atoms with Crippen LogP contribution in [0.4, 0.5) is 29.3 Å². The molecule has 1 saturated carbocycles. The van der Waals surface area contributed by atoms with Gasteiger partial charge in [-0.2, -0.15) is 13.2 Å². The predicted molar refractivity (Wildman–Crippen MR) is 137 cm³/mol. The number of alkyl halides is 3. The first-order chi connectivity index (χ1) is 18.1. The average Bonchev–Trinajstić information content (AvgIpc) is 3.65. The van der Waals surface area contributed by atoms with E-state index in [1.165, 1.54) is 18.2 Å². The largest absolute Gasteiger partial charge is 0.486 e. The van der Waals surface area contributed by atoms with Crippen LogP contribution in [0.25, 0.3) is 0 Å². The first-order valence-corrected chi connectivity index (χ1v) is 13.8. The van der Waals surface area contributed by atoms with E-state index in [2.05, 4.69) is 10.6 Å². The molecule has 2 aliphatic rings. The van der Waals surface area contributed by atoms with Crippen LogP contribution in [0.3, 0.4) is 0 Å². The van der Waals surface area contributed by atoms with Crippen molar-refractivity contribution in [2.24, 2.45) is 5.92 Å². The summed E-state index contributed by atoms with van der Waals surface area (Å²) in [4.78, 5) is 24.2. The van der Waals surface area contributed by atoms with E-state index in [1.54, 1.807) is 20.8 Å². The van der Waals surface area contributed by atoms with E-state index in [0.717, 1.165) is 35.3 Å². The second kappa shape index (κ2) is 10.6. The molecule has 1 heterocycles. The van der Waals surface area contributed by atoms with Gasteiger partial charge in [0.2, 0.25) is 5.91 Å². The first kappa shape index (κ1) is 28.5. The number of hydrogen-bond donors (Lipinski definition) is 2. The fourth-order valence-corrected chi connectivity index (χ4v) is 5.51. The summed E-state index contributed by atoms with van der Waals surface area (Å²) in [5.74, 6) is 0.206. The summed E-state index contributed by atoms with van der Waals surface area (Å²) in [6, 6.07) is 7.64. The number of benzene rings is 2. The van der Waals surface area contributed by atoms with Crippen LogP contribution in [0.1, 0.15) is 45.6 Å². The third kappa shape index (κ3) is 7.34. The van der Waals surface area contributed by atoms with Crippen LogP contribution >= 0.6 is 0 Å².